The highest BCUT2D eigenvalue weighted by atomic mass is 16.3. The number of pyridine rings is 1. The average Bonchev–Trinajstić information content (AvgIpc) is 2.96. The molecule has 0 saturated carbocycles. The average molecular weight is 212 g/mol. The molecule has 0 aliphatic rings. The maximum atomic E-state index is 10.9. The van der Waals surface area contributed by atoms with Gasteiger partial charge in [-0.25, -0.2) is 4.98 Å². The first kappa shape index (κ1) is 8.91. The van der Waals surface area contributed by atoms with E-state index in [-0.39, 0.29) is 0 Å². The second-order valence-corrected chi connectivity index (χ2v) is 3.40. The van der Waals surface area contributed by atoms with Gasteiger partial charge >= 0.3 is 0 Å². The summed E-state index contributed by atoms with van der Waals surface area (Å²) < 4.78 is 7.12. The van der Waals surface area contributed by atoms with Gasteiger partial charge in [0.1, 0.15) is 0 Å². The van der Waals surface area contributed by atoms with Crippen molar-refractivity contribution in [1.29, 1.82) is 0 Å². The molecule has 3 aromatic heterocycles. The first-order chi connectivity index (χ1) is 7.90. The fourth-order valence-corrected chi connectivity index (χ4v) is 1.73. The molecule has 3 rings (SSSR count). The number of aromatic nitrogens is 2. The molecule has 0 fully saturated rings. The minimum atomic E-state index is 0.618. The molecule has 0 saturated heterocycles. The number of hydrogen-bond acceptors (Lipinski definition) is 3. The van der Waals surface area contributed by atoms with Crippen LogP contribution >= 0.6 is 0 Å². The zero-order valence-electron chi connectivity index (χ0n) is 8.33. The Hall–Kier alpha value is -2.36. The highest BCUT2D eigenvalue weighted by Gasteiger charge is 2.10. The molecule has 4 heteroatoms. The smallest absolute Gasteiger partial charge is 0.180 e. The number of imidazole rings is 1. The van der Waals surface area contributed by atoms with E-state index in [0.717, 1.165) is 11.8 Å². The lowest BCUT2D eigenvalue weighted by atomic mass is 10.2. The van der Waals surface area contributed by atoms with Crippen LogP contribution in [0.1, 0.15) is 10.4 Å². The summed E-state index contributed by atoms with van der Waals surface area (Å²) in [6.07, 6.45) is 5.94. The highest BCUT2D eigenvalue weighted by Crippen LogP contribution is 2.21. The highest BCUT2D eigenvalue weighted by molar-refractivity contribution is 5.86. The lowest BCUT2D eigenvalue weighted by molar-refractivity contribution is 0.112. The number of carbonyl (C=O) groups is 1. The number of furan rings is 1. The van der Waals surface area contributed by atoms with Crippen molar-refractivity contribution < 1.29 is 9.21 Å². The fourth-order valence-electron chi connectivity index (χ4n) is 1.73. The largest absolute Gasteiger partial charge is 0.461 e. The summed E-state index contributed by atoms with van der Waals surface area (Å²) in [5.41, 5.74) is 1.40. The van der Waals surface area contributed by atoms with Gasteiger partial charge in [-0.05, 0) is 24.3 Å². The van der Waals surface area contributed by atoms with Crippen LogP contribution in [0.4, 0.5) is 0 Å². The maximum Gasteiger partial charge on any atom is 0.180 e. The van der Waals surface area contributed by atoms with Crippen molar-refractivity contribution in [2.45, 2.75) is 0 Å². The number of rotatable bonds is 2. The van der Waals surface area contributed by atoms with Gasteiger partial charge in [0, 0.05) is 11.8 Å². The van der Waals surface area contributed by atoms with Crippen LogP contribution in [-0.4, -0.2) is 15.7 Å². The van der Waals surface area contributed by atoms with Gasteiger partial charge in [0.15, 0.2) is 17.9 Å². The van der Waals surface area contributed by atoms with Gasteiger partial charge in [-0.15, -0.1) is 0 Å². The first-order valence-electron chi connectivity index (χ1n) is 4.85. The molecule has 0 aromatic carbocycles. The van der Waals surface area contributed by atoms with E-state index in [1.807, 2.05) is 22.7 Å². The second kappa shape index (κ2) is 3.34. The first-order valence-corrected chi connectivity index (χ1v) is 4.85. The van der Waals surface area contributed by atoms with Crippen molar-refractivity contribution in [3.63, 3.8) is 0 Å². The molecule has 78 valence electrons. The van der Waals surface area contributed by atoms with Gasteiger partial charge in [-0.3, -0.25) is 9.20 Å². The van der Waals surface area contributed by atoms with Gasteiger partial charge in [-0.2, -0.15) is 0 Å². The van der Waals surface area contributed by atoms with E-state index in [4.69, 9.17) is 4.42 Å². The lowest BCUT2D eigenvalue weighted by Gasteiger charge is -1.99. The normalized spacial score (nSPS) is 10.8. The Morgan fingerprint density at radius 1 is 1.31 bits per heavy atom. The Morgan fingerprint density at radius 2 is 2.25 bits per heavy atom. The molecule has 0 amide bonds. The van der Waals surface area contributed by atoms with E-state index < -0.39 is 0 Å². The Labute approximate surface area is 91.1 Å². The van der Waals surface area contributed by atoms with Crippen LogP contribution in [-0.2, 0) is 0 Å². The molecule has 0 aliphatic carbocycles. The quantitative estimate of drug-likeness (QED) is 0.613. The van der Waals surface area contributed by atoms with Crippen LogP contribution in [0, 0.1) is 0 Å². The van der Waals surface area contributed by atoms with E-state index in [9.17, 15) is 4.79 Å². The Kier molecular flexibility index (Phi) is 1.86. The minimum Gasteiger partial charge on any atom is -0.461 e. The Morgan fingerprint density at radius 3 is 3.00 bits per heavy atom. The molecule has 0 radical (unpaired) electrons. The molecule has 0 N–H and O–H groups in total. The van der Waals surface area contributed by atoms with Crippen LogP contribution in [0.3, 0.4) is 0 Å². The molecular formula is C12H8N2O2. The summed E-state index contributed by atoms with van der Waals surface area (Å²) in [7, 11) is 0. The van der Waals surface area contributed by atoms with Crippen molar-refractivity contribution in [2.75, 3.05) is 0 Å². The van der Waals surface area contributed by atoms with Crippen molar-refractivity contribution in [2.24, 2.45) is 0 Å². The number of aldehydes is 1. The van der Waals surface area contributed by atoms with Crippen molar-refractivity contribution in [3.05, 3.63) is 48.5 Å². The summed E-state index contributed by atoms with van der Waals surface area (Å²) in [6, 6.07) is 7.21. The molecule has 0 bridgehead atoms. The summed E-state index contributed by atoms with van der Waals surface area (Å²) in [5, 5.41) is 0. The summed E-state index contributed by atoms with van der Waals surface area (Å²) in [5.74, 6) is 1.38. The number of hydrogen-bond donors (Lipinski definition) is 0. The summed E-state index contributed by atoms with van der Waals surface area (Å²) in [6.45, 7) is 0. The Balaban J connectivity index is 2.33. The van der Waals surface area contributed by atoms with Crippen LogP contribution in [0.25, 0.3) is 17.1 Å². The van der Waals surface area contributed by atoms with Gasteiger partial charge in [0.2, 0.25) is 0 Å². The Bertz CT molecular complexity index is 638. The molecule has 0 atom stereocenters. The zero-order chi connectivity index (χ0) is 11.0. The molecule has 16 heavy (non-hydrogen) atoms. The van der Waals surface area contributed by atoms with Gasteiger partial charge in [-0.1, -0.05) is 0 Å². The van der Waals surface area contributed by atoms with Gasteiger partial charge in [0.25, 0.3) is 0 Å². The van der Waals surface area contributed by atoms with E-state index in [1.165, 1.54) is 0 Å². The fraction of sp³-hybridized carbons (Fsp3) is 0. The van der Waals surface area contributed by atoms with Crippen molar-refractivity contribution >= 4 is 11.8 Å². The molecule has 0 aliphatic heterocycles. The van der Waals surface area contributed by atoms with Gasteiger partial charge < -0.3 is 4.42 Å². The topological polar surface area (TPSA) is 47.5 Å². The number of fused-ring (bicyclic) bond motifs is 1. The summed E-state index contributed by atoms with van der Waals surface area (Å²) in [4.78, 5) is 15.1. The molecule has 0 spiro atoms. The molecular weight excluding hydrogens is 204 g/mol. The zero-order valence-corrected chi connectivity index (χ0v) is 8.33. The standard InChI is InChI=1S/C12H8N2O2/c15-8-9-3-1-5-14-10(9)7-13-12(14)11-4-2-6-16-11/h1-8H. The molecule has 3 aromatic rings. The third-order valence-corrected chi connectivity index (χ3v) is 2.47. The minimum absolute atomic E-state index is 0.618. The van der Waals surface area contributed by atoms with Crippen LogP contribution in [0.15, 0.2) is 47.3 Å². The maximum absolute atomic E-state index is 10.9. The SMILES string of the molecule is O=Cc1cccn2c(-c3ccco3)ncc12. The molecule has 0 unspecified atom stereocenters. The predicted octanol–water partition coefficient (Wildman–Crippen LogP) is 2.41. The lowest BCUT2D eigenvalue weighted by Crippen LogP contribution is -1.90. The molecule has 3 heterocycles. The third-order valence-electron chi connectivity index (χ3n) is 2.47. The van der Waals surface area contributed by atoms with E-state index >= 15 is 0 Å². The number of nitrogens with zero attached hydrogens (tertiary/aromatic N) is 2. The van der Waals surface area contributed by atoms with E-state index in [1.54, 1.807) is 24.6 Å². The van der Waals surface area contributed by atoms with Crippen LogP contribution in [0.5, 0.6) is 0 Å². The monoisotopic (exact) mass is 212 g/mol. The predicted molar refractivity (Wildman–Crippen MR) is 58.3 cm³/mol. The second-order valence-electron chi connectivity index (χ2n) is 3.40. The summed E-state index contributed by atoms with van der Waals surface area (Å²) >= 11 is 0. The number of carbonyl (C=O) groups excluding carboxylic acids is 1. The van der Waals surface area contributed by atoms with Crippen LogP contribution in [0.2, 0.25) is 0 Å². The van der Waals surface area contributed by atoms with E-state index in [2.05, 4.69) is 4.98 Å². The molecule has 4 nitrogen and oxygen atoms in total. The van der Waals surface area contributed by atoms with Crippen molar-refractivity contribution in [3.8, 4) is 11.6 Å². The van der Waals surface area contributed by atoms with E-state index in [0.29, 0.717) is 17.1 Å². The third kappa shape index (κ3) is 1.16. The van der Waals surface area contributed by atoms with Gasteiger partial charge in [0.05, 0.1) is 18.0 Å². The van der Waals surface area contributed by atoms with Crippen molar-refractivity contribution in [1.82, 2.24) is 9.38 Å². The van der Waals surface area contributed by atoms with Crippen LogP contribution < -0.4 is 0 Å².